The van der Waals surface area contributed by atoms with Crippen LogP contribution in [0.2, 0.25) is 0 Å². The Kier molecular flexibility index (Phi) is 6.67. The zero-order valence-corrected chi connectivity index (χ0v) is 17.0. The molecule has 0 saturated carbocycles. The van der Waals surface area contributed by atoms with Crippen LogP contribution in [0.5, 0.6) is 5.75 Å². The van der Waals surface area contributed by atoms with Gasteiger partial charge in [-0.2, -0.15) is 0 Å². The Balaban J connectivity index is 1.76. The standard InChI is InChI=1S/C21H25FN2O3S/c1-3-20(25)23(4-2)13-21(26)24-10-8-19-17(9-11-28-19)18(24)14-27-16-7-5-6-15(22)12-16/h5-7,9,11-12,18H,3-4,8,10,13-14H2,1-2H3/t18-/m1/s1. The van der Waals surface area contributed by atoms with Crippen LogP contribution in [0.3, 0.4) is 0 Å². The predicted octanol–water partition coefficient (Wildman–Crippen LogP) is 3.65. The average Bonchev–Trinajstić information content (AvgIpc) is 3.18. The molecule has 0 aliphatic carbocycles. The molecule has 0 saturated heterocycles. The highest BCUT2D eigenvalue weighted by Gasteiger charge is 2.33. The van der Waals surface area contributed by atoms with E-state index in [0.29, 0.717) is 25.3 Å². The monoisotopic (exact) mass is 404 g/mol. The van der Waals surface area contributed by atoms with Crippen LogP contribution < -0.4 is 4.74 Å². The molecule has 0 unspecified atom stereocenters. The fraction of sp³-hybridized carbons (Fsp3) is 0.429. The van der Waals surface area contributed by atoms with Crippen LogP contribution in [0.1, 0.15) is 36.8 Å². The van der Waals surface area contributed by atoms with Gasteiger partial charge in [-0.25, -0.2) is 4.39 Å². The smallest absolute Gasteiger partial charge is 0.242 e. The minimum Gasteiger partial charge on any atom is -0.491 e. The highest BCUT2D eigenvalue weighted by Crippen LogP contribution is 2.34. The van der Waals surface area contributed by atoms with Crippen molar-refractivity contribution in [2.45, 2.75) is 32.7 Å². The third-order valence-electron chi connectivity index (χ3n) is 4.98. The summed E-state index contributed by atoms with van der Waals surface area (Å²) in [6, 6.07) is 7.77. The quantitative estimate of drug-likeness (QED) is 0.708. The average molecular weight is 405 g/mol. The van der Waals surface area contributed by atoms with Crippen LogP contribution >= 0.6 is 11.3 Å². The van der Waals surface area contributed by atoms with Gasteiger partial charge in [0.2, 0.25) is 11.8 Å². The lowest BCUT2D eigenvalue weighted by Crippen LogP contribution is -2.47. The number of halogens is 1. The molecular formula is C21H25FN2O3S. The molecule has 0 bridgehead atoms. The van der Waals surface area contributed by atoms with E-state index in [1.54, 1.807) is 40.2 Å². The van der Waals surface area contributed by atoms with Gasteiger partial charge in [0.15, 0.2) is 0 Å². The zero-order valence-electron chi connectivity index (χ0n) is 16.2. The summed E-state index contributed by atoms with van der Waals surface area (Å²) in [4.78, 5) is 29.7. The van der Waals surface area contributed by atoms with Gasteiger partial charge < -0.3 is 14.5 Å². The molecule has 3 rings (SSSR count). The molecule has 28 heavy (non-hydrogen) atoms. The summed E-state index contributed by atoms with van der Waals surface area (Å²) in [5.41, 5.74) is 1.07. The lowest BCUT2D eigenvalue weighted by molar-refractivity contribution is -0.142. The highest BCUT2D eigenvalue weighted by atomic mass is 32.1. The maximum Gasteiger partial charge on any atom is 0.242 e. The molecule has 1 aromatic heterocycles. The fourth-order valence-corrected chi connectivity index (χ4v) is 4.39. The van der Waals surface area contributed by atoms with Crippen molar-refractivity contribution in [2.75, 3.05) is 26.2 Å². The molecule has 2 amide bonds. The largest absolute Gasteiger partial charge is 0.491 e. The number of rotatable bonds is 7. The lowest BCUT2D eigenvalue weighted by Gasteiger charge is -2.37. The number of hydrogen-bond acceptors (Lipinski definition) is 4. The van der Waals surface area contributed by atoms with Crippen molar-refractivity contribution in [2.24, 2.45) is 0 Å². The van der Waals surface area contributed by atoms with Gasteiger partial charge >= 0.3 is 0 Å². The van der Waals surface area contributed by atoms with Crippen molar-refractivity contribution in [3.05, 3.63) is 52.0 Å². The minimum absolute atomic E-state index is 0.0309. The first-order chi connectivity index (χ1) is 13.5. The SMILES string of the molecule is CCC(=O)N(CC)CC(=O)N1CCc2sccc2[C@H]1COc1cccc(F)c1. The van der Waals surface area contributed by atoms with Gasteiger partial charge in [-0.1, -0.05) is 13.0 Å². The van der Waals surface area contributed by atoms with E-state index in [2.05, 4.69) is 0 Å². The van der Waals surface area contributed by atoms with Crippen molar-refractivity contribution >= 4 is 23.2 Å². The normalized spacial score (nSPS) is 15.8. The first-order valence-electron chi connectivity index (χ1n) is 9.55. The minimum atomic E-state index is -0.359. The first-order valence-corrected chi connectivity index (χ1v) is 10.4. The second-order valence-corrected chi connectivity index (χ2v) is 7.68. The Morgan fingerprint density at radius 1 is 1.32 bits per heavy atom. The van der Waals surface area contributed by atoms with Crippen LogP contribution in [0.15, 0.2) is 35.7 Å². The summed E-state index contributed by atoms with van der Waals surface area (Å²) in [7, 11) is 0. The van der Waals surface area contributed by atoms with Crippen molar-refractivity contribution in [1.29, 1.82) is 0 Å². The number of fused-ring (bicyclic) bond motifs is 1. The summed E-state index contributed by atoms with van der Waals surface area (Å²) in [6.45, 7) is 5.07. The van der Waals surface area contributed by atoms with E-state index >= 15 is 0 Å². The molecule has 0 fully saturated rings. The zero-order chi connectivity index (χ0) is 20.1. The number of carbonyl (C=O) groups excluding carboxylic acids is 2. The van der Waals surface area contributed by atoms with Crippen molar-refractivity contribution < 1.29 is 18.7 Å². The van der Waals surface area contributed by atoms with Gasteiger partial charge in [0.1, 0.15) is 18.2 Å². The van der Waals surface area contributed by atoms with E-state index in [9.17, 15) is 14.0 Å². The second-order valence-electron chi connectivity index (χ2n) is 6.68. The maximum absolute atomic E-state index is 13.4. The molecule has 7 heteroatoms. The number of thiophene rings is 1. The Morgan fingerprint density at radius 3 is 2.86 bits per heavy atom. The molecule has 150 valence electrons. The third kappa shape index (κ3) is 4.52. The van der Waals surface area contributed by atoms with E-state index in [0.717, 1.165) is 12.0 Å². The molecule has 0 N–H and O–H groups in total. The van der Waals surface area contributed by atoms with Crippen molar-refractivity contribution in [3.63, 3.8) is 0 Å². The number of amides is 2. The van der Waals surface area contributed by atoms with E-state index in [1.165, 1.54) is 17.0 Å². The summed E-state index contributed by atoms with van der Waals surface area (Å²) < 4.78 is 19.3. The molecule has 5 nitrogen and oxygen atoms in total. The molecule has 2 aromatic rings. The number of benzene rings is 1. The summed E-state index contributed by atoms with van der Waals surface area (Å²) >= 11 is 1.68. The summed E-state index contributed by atoms with van der Waals surface area (Å²) in [6.07, 6.45) is 1.17. The van der Waals surface area contributed by atoms with Crippen molar-refractivity contribution in [3.8, 4) is 5.75 Å². The molecule has 2 heterocycles. The second kappa shape index (κ2) is 9.19. The summed E-state index contributed by atoms with van der Waals surface area (Å²) in [5, 5.41) is 2.02. The Bertz CT molecular complexity index is 839. The van der Waals surface area contributed by atoms with Gasteiger partial charge in [-0.3, -0.25) is 9.59 Å². The number of carbonyl (C=O) groups is 2. The third-order valence-corrected chi connectivity index (χ3v) is 5.98. The summed E-state index contributed by atoms with van der Waals surface area (Å²) in [5.74, 6) is -0.0435. The molecule has 1 aliphatic rings. The molecule has 0 spiro atoms. The van der Waals surface area contributed by atoms with Crippen LogP contribution in [0, 0.1) is 5.82 Å². The molecule has 1 aliphatic heterocycles. The van der Waals surface area contributed by atoms with Crippen LogP contribution in [0.4, 0.5) is 4.39 Å². The number of likely N-dealkylation sites (N-methyl/N-ethyl adjacent to an activating group) is 1. The van der Waals surface area contributed by atoms with Crippen molar-refractivity contribution in [1.82, 2.24) is 9.80 Å². The van der Waals surface area contributed by atoms with E-state index in [1.807, 2.05) is 18.4 Å². The van der Waals surface area contributed by atoms with Gasteiger partial charge in [0.25, 0.3) is 0 Å². The molecule has 0 radical (unpaired) electrons. The number of nitrogens with zero attached hydrogens (tertiary/aromatic N) is 2. The van der Waals surface area contributed by atoms with E-state index < -0.39 is 0 Å². The lowest BCUT2D eigenvalue weighted by atomic mass is 10.0. The predicted molar refractivity (Wildman–Crippen MR) is 107 cm³/mol. The van der Waals surface area contributed by atoms with Gasteiger partial charge in [0.05, 0.1) is 12.6 Å². The Hall–Kier alpha value is -2.41. The maximum atomic E-state index is 13.4. The first kappa shape index (κ1) is 20.3. The van der Waals surface area contributed by atoms with E-state index in [4.69, 9.17) is 4.74 Å². The van der Waals surface area contributed by atoms with Gasteiger partial charge in [0, 0.05) is 30.5 Å². The Labute approximate surface area is 168 Å². The number of hydrogen-bond donors (Lipinski definition) is 0. The van der Waals surface area contributed by atoms with Gasteiger partial charge in [-0.05, 0) is 42.5 Å². The van der Waals surface area contributed by atoms with Gasteiger partial charge in [-0.15, -0.1) is 11.3 Å². The molecular weight excluding hydrogens is 379 g/mol. The van der Waals surface area contributed by atoms with E-state index in [-0.39, 0.29) is 36.8 Å². The topological polar surface area (TPSA) is 49.9 Å². The molecule has 1 atom stereocenters. The highest BCUT2D eigenvalue weighted by molar-refractivity contribution is 7.10. The van der Waals surface area contributed by atoms with Crippen LogP contribution in [-0.2, 0) is 16.0 Å². The number of ether oxygens (including phenoxy) is 1. The van der Waals surface area contributed by atoms with Crippen LogP contribution in [0.25, 0.3) is 0 Å². The molecule has 1 aromatic carbocycles. The fourth-order valence-electron chi connectivity index (χ4n) is 3.46. The van der Waals surface area contributed by atoms with Crippen LogP contribution in [-0.4, -0.2) is 47.9 Å². The Morgan fingerprint density at radius 2 is 2.14 bits per heavy atom.